The van der Waals surface area contributed by atoms with Crippen molar-refractivity contribution in [3.8, 4) is 0 Å². The number of rotatable bonds is 4. The Kier molecular flexibility index (Phi) is 3.35. The van der Waals surface area contributed by atoms with Gasteiger partial charge in [0.2, 0.25) is 0 Å². The summed E-state index contributed by atoms with van der Waals surface area (Å²) in [5.41, 5.74) is 2.39. The molecule has 1 aromatic carbocycles. The smallest absolute Gasteiger partial charge is 0.0551 e. The van der Waals surface area contributed by atoms with Crippen molar-refractivity contribution in [2.24, 2.45) is 0 Å². The van der Waals surface area contributed by atoms with Crippen molar-refractivity contribution in [2.45, 2.75) is 11.4 Å². The van der Waals surface area contributed by atoms with Gasteiger partial charge in [0, 0.05) is 22.5 Å². The van der Waals surface area contributed by atoms with Crippen molar-refractivity contribution < 1.29 is 0 Å². The number of aromatic nitrogens is 1. The van der Waals surface area contributed by atoms with Gasteiger partial charge < -0.3 is 10.3 Å². The zero-order valence-corrected chi connectivity index (χ0v) is 9.47. The molecule has 0 aliphatic rings. The fourth-order valence-corrected chi connectivity index (χ4v) is 2.03. The van der Waals surface area contributed by atoms with E-state index in [1.807, 2.05) is 12.3 Å². The zero-order chi connectivity index (χ0) is 10.5. The molecule has 1 heterocycles. The highest BCUT2D eigenvalue weighted by molar-refractivity contribution is 7.98. The van der Waals surface area contributed by atoms with E-state index in [1.54, 1.807) is 11.8 Å². The molecular formula is C12H14N2S. The maximum absolute atomic E-state index is 3.41. The minimum atomic E-state index is 0.838. The molecule has 15 heavy (non-hydrogen) atoms. The van der Waals surface area contributed by atoms with Gasteiger partial charge in [-0.3, -0.25) is 0 Å². The van der Waals surface area contributed by atoms with E-state index in [-0.39, 0.29) is 0 Å². The fraction of sp³-hybridized carbons (Fsp3) is 0.167. The van der Waals surface area contributed by atoms with Crippen molar-refractivity contribution in [2.75, 3.05) is 11.6 Å². The SMILES string of the molecule is CSc1ccccc1NCc1ccc[nH]1. The fourth-order valence-electron chi connectivity index (χ4n) is 1.46. The topological polar surface area (TPSA) is 27.8 Å². The molecule has 0 spiro atoms. The molecule has 2 aromatic rings. The normalized spacial score (nSPS) is 10.2. The van der Waals surface area contributed by atoms with E-state index in [0.717, 1.165) is 6.54 Å². The number of hydrogen-bond donors (Lipinski definition) is 2. The van der Waals surface area contributed by atoms with Crippen LogP contribution in [-0.4, -0.2) is 11.2 Å². The summed E-state index contributed by atoms with van der Waals surface area (Å²) >= 11 is 1.76. The summed E-state index contributed by atoms with van der Waals surface area (Å²) in [6.45, 7) is 0.838. The first kappa shape index (κ1) is 10.2. The number of thioether (sulfide) groups is 1. The Morgan fingerprint density at radius 2 is 2.07 bits per heavy atom. The van der Waals surface area contributed by atoms with Crippen molar-refractivity contribution in [1.82, 2.24) is 4.98 Å². The van der Waals surface area contributed by atoms with Crippen molar-refractivity contribution in [1.29, 1.82) is 0 Å². The average Bonchev–Trinajstić information content (AvgIpc) is 2.79. The van der Waals surface area contributed by atoms with Gasteiger partial charge >= 0.3 is 0 Å². The maximum atomic E-state index is 3.41. The van der Waals surface area contributed by atoms with Gasteiger partial charge in [-0.05, 0) is 30.5 Å². The van der Waals surface area contributed by atoms with E-state index >= 15 is 0 Å². The third-order valence-corrected chi connectivity index (χ3v) is 3.03. The van der Waals surface area contributed by atoms with Crippen molar-refractivity contribution >= 4 is 17.4 Å². The average molecular weight is 218 g/mol. The van der Waals surface area contributed by atoms with Crippen LogP contribution in [0, 0.1) is 0 Å². The molecule has 0 saturated heterocycles. The van der Waals surface area contributed by atoms with Crippen LogP contribution < -0.4 is 5.32 Å². The molecule has 2 N–H and O–H groups in total. The first-order valence-corrected chi connectivity index (χ1v) is 6.12. The molecule has 2 nitrogen and oxygen atoms in total. The van der Waals surface area contributed by atoms with E-state index in [2.05, 4.69) is 46.9 Å². The van der Waals surface area contributed by atoms with E-state index in [9.17, 15) is 0 Å². The third kappa shape index (κ3) is 2.57. The second-order valence-corrected chi connectivity index (χ2v) is 4.10. The van der Waals surface area contributed by atoms with E-state index < -0.39 is 0 Å². The minimum absolute atomic E-state index is 0.838. The summed E-state index contributed by atoms with van der Waals surface area (Å²) in [5, 5.41) is 3.41. The van der Waals surface area contributed by atoms with Gasteiger partial charge in [0.05, 0.1) is 6.54 Å². The van der Waals surface area contributed by atoms with Crippen molar-refractivity contribution in [3.05, 3.63) is 48.3 Å². The number of hydrogen-bond acceptors (Lipinski definition) is 2. The van der Waals surface area contributed by atoms with E-state index in [1.165, 1.54) is 16.3 Å². The third-order valence-electron chi connectivity index (χ3n) is 2.24. The highest BCUT2D eigenvalue weighted by Crippen LogP contribution is 2.24. The van der Waals surface area contributed by atoms with Crippen LogP contribution in [0.15, 0.2) is 47.5 Å². The highest BCUT2D eigenvalue weighted by Gasteiger charge is 1.99. The van der Waals surface area contributed by atoms with Crippen LogP contribution in [0.25, 0.3) is 0 Å². The quantitative estimate of drug-likeness (QED) is 0.770. The van der Waals surface area contributed by atoms with Crippen molar-refractivity contribution in [3.63, 3.8) is 0 Å². The van der Waals surface area contributed by atoms with Crippen LogP contribution in [0.3, 0.4) is 0 Å². The summed E-state index contributed by atoms with van der Waals surface area (Å²) in [5.74, 6) is 0. The Morgan fingerprint density at radius 1 is 1.20 bits per heavy atom. The lowest BCUT2D eigenvalue weighted by molar-refractivity contribution is 1.06. The number of nitrogens with one attached hydrogen (secondary N) is 2. The Labute approximate surface area is 94.1 Å². The van der Waals surface area contributed by atoms with Gasteiger partial charge in [0.15, 0.2) is 0 Å². The monoisotopic (exact) mass is 218 g/mol. The molecule has 0 radical (unpaired) electrons. The van der Waals surface area contributed by atoms with Gasteiger partial charge in [0.1, 0.15) is 0 Å². The molecule has 0 bridgehead atoms. The number of aromatic amines is 1. The van der Waals surface area contributed by atoms with Crippen LogP contribution in [0.5, 0.6) is 0 Å². The van der Waals surface area contributed by atoms with Gasteiger partial charge in [-0.2, -0.15) is 0 Å². The highest BCUT2D eigenvalue weighted by atomic mass is 32.2. The predicted molar refractivity (Wildman–Crippen MR) is 66.3 cm³/mol. The Balaban J connectivity index is 2.04. The summed E-state index contributed by atoms with van der Waals surface area (Å²) in [6, 6.07) is 12.4. The molecule has 0 unspecified atom stereocenters. The van der Waals surface area contributed by atoms with Crippen LogP contribution in [0.4, 0.5) is 5.69 Å². The van der Waals surface area contributed by atoms with Crippen LogP contribution >= 0.6 is 11.8 Å². The molecule has 1 aromatic heterocycles. The second kappa shape index (κ2) is 4.94. The summed E-state index contributed by atoms with van der Waals surface area (Å²) < 4.78 is 0. The molecule has 2 rings (SSSR count). The minimum Gasteiger partial charge on any atom is -0.379 e. The van der Waals surface area contributed by atoms with E-state index in [0.29, 0.717) is 0 Å². The lowest BCUT2D eigenvalue weighted by atomic mass is 10.3. The molecule has 0 saturated carbocycles. The standard InChI is InChI=1S/C12H14N2S/c1-15-12-7-3-2-6-11(12)14-9-10-5-4-8-13-10/h2-8,13-14H,9H2,1H3. The lowest BCUT2D eigenvalue weighted by Gasteiger charge is -2.09. The summed E-state index contributed by atoms with van der Waals surface area (Å²) in [4.78, 5) is 4.46. The Bertz CT molecular complexity index is 409. The maximum Gasteiger partial charge on any atom is 0.0551 e. The summed E-state index contributed by atoms with van der Waals surface area (Å²) in [7, 11) is 0. The number of benzene rings is 1. The number of anilines is 1. The van der Waals surface area contributed by atoms with Crippen LogP contribution in [0.1, 0.15) is 5.69 Å². The Morgan fingerprint density at radius 3 is 2.80 bits per heavy atom. The molecule has 0 atom stereocenters. The lowest BCUT2D eigenvalue weighted by Crippen LogP contribution is -2.00. The molecule has 0 aliphatic carbocycles. The van der Waals surface area contributed by atoms with Gasteiger partial charge in [-0.1, -0.05) is 12.1 Å². The summed E-state index contributed by atoms with van der Waals surface area (Å²) in [6.07, 6.45) is 4.03. The second-order valence-electron chi connectivity index (χ2n) is 3.25. The van der Waals surface area contributed by atoms with Gasteiger partial charge in [0.25, 0.3) is 0 Å². The number of H-pyrrole nitrogens is 1. The molecule has 0 fully saturated rings. The van der Waals surface area contributed by atoms with Crippen LogP contribution in [0.2, 0.25) is 0 Å². The first-order valence-electron chi connectivity index (χ1n) is 4.89. The molecule has 3 heteroatoms. The predicted octanol–water partition coefficient (Wildman–Crippen LogP) is 3.35. The van der Waals surface area contributed by atoms with Gasteiger partial charge in [-0.25, -0.2) is 0 Å². The van der Waals surface area contributed by atoms with Crippen LogP contribution in [-0.2, 0) is 6.54 Å². The molecule has 0 aliphatic heterocycles. The Hall–Kier alpha value is -1.35. The molecule has 0 amide bonds. The molecule has 78 valence electrons. The largest absolute Gasteiger partial charge is 0.379 e. The van der Waals surface area contributed by atoms with E-state index in [4.69, 9.17) is 0 Å². The zero-order valence-electron chi connectivity index (χ0n) is 8.66. The molecular weight excluding hydrogens is 204 g/mol. The number of para-hydroxylation sites is 1. The first-order chi connectivity index (χ1) is 7.40. The van der Waals surface area contributed by atoms with Gasteiger partial charge in [-0.15, -0.1) is 11.8 Å².